The second kappa shape index (κ2) is 9.38. The Balaban J connectivity index is 1.55. The average molecular weight is 428 g/mol. The van der Waals surface area contributed by atoms with Gasteiger partial charge in [0.15, 0.2) is 6.61 Å². The molecule has 0 aliphatic rings. The Kier molecular flexibility index (Phi) is 6.65. The third-order valence-corrected chi connectivity index (χ3v) is 5.33. The third-order valence-electron chi connectivity index (χ3n) is 4.01. The molecule has 2 aromatic carbocycles. The highest BCUT2D eigenvalue weighted by molar-refractivity contribution is 7.88. The molecule has 1 aromatic heterocycles. The number of carbonyl (C=O) groups excluding carboxylic acids is 1. The first-order valence-electron chi connectivity index (χ1n) is 8.98. The normalized spacial score (nSPS) is 11.2. The molecule has 0 atom stereocenters. The Labute approximate surface area is 173 Å². The minimum absolute atomic E-state index is 0.166. The monoisotopic (exact) mass is 428 g/mol. The Morgan fingerprint density at radius 2 is 1.83 bits per heavy atom. The van der Waals surface area contributed by atoms with E-state index in [2.05, 4.69) is 16.6 Å². The highest BCUT2D eigenvalue weighted by atomic mass is 32.2. The first-order chi connectivity index (χ1) is 14.3. The second-order valence-electron chi connectivity index (χ2n) is 6.38. The molecule has 30 heavy (non-hydrogen) atoms. The molecule has 2 N–H and O–H groups in total. The Morgan fingerprint density at radius 1 is 1.10 bits per heavy atom. The van der Waals surface area contributed by atoms with Crippen LogP contribution in [0.25, 0.3) is 11.0 Å². The van der Waals surface area contributed by atoms with Crippen molar-refractivity contribution in [3.8, 4) is 5.75 Å². The van der Waals surface area contributed by atoms with Gasteiger partial charge < -0.3 is 14.5 Å². The van der Waals surface area contributed by atoms with Gasteiger partial charge in [0.2, 0.25) is 10.0 Å². The maximum atomic E-state index is 12.1. The quantitative estimate of drug-likeness (QED) is 0.400. The van der Waals surface area contributed by atoms with Crippen molar-refractivity contribution in [2.75, 3.05) is 18.5 Å². The van der Waals surface area contributed by atoms with Crippen molar-refractivity contribution in [3.05, 3.63) is 83.2 Å². The van der Waals surface area contributed by atoms with Gasteiger partial charge in [0.05, 0.1) is 5.75 Å². The molecule has 3 rings (SSSR count). The first kappa shape index (κ1) is 21.3. The fourth-order valence-corrected chi connectivity index (χ4v) is 3.72. The van der Waals surface area contributed by atoms with Crippen molar-refractivity contribution in [2.45, 2.75) is 5.75 Å². The first-order valence-corrected chi connectivity index (χ1v) is 10.6. The van der Waals surface area contributed by atoms with E-state index in [1.165, 1.54) is 12.1 Å². The number of benzene rings is 2. The van der Waals surface area contributed by atoms with Crippen LogP contribution in [0.1, 0.15) is 5.56 Å². The van der Waals surface area contributed by atoms with Gasteiger partial charge in [0.25, 0.3) is 5.91 Å². The molecule has 3 aromatic rings. The van der Waals surface area contributed by atoms with Crippen molar-refractivity contribution >= 4 is 32.6 Å². The topological polar surface area (TPSA) is 115 Å². The van der Waals surface area contributed by atoms with Crippen LogP contribution in [0.3, 0.4) is 0 Å². The molecule has 0 aliphatic carbocycles. The van der Waals surface area contributed by atoms with Crippen molar-refractivity contribution < 1.29 is 22.4 Å². The molecule has 1 amide bonds. The summed E-state index contributed by atoms with van der Waals surface area (Å²) in [6, 6.07) is 14.4. The van der Waals surface area contributed by atoms with Gasteiger partial charge in [-0.05, 0) is 35.9 Å². The zero-order chi connectivity index (χ0) is 21.6. The molecule has 0 spiro atoms. The number of anilines is 1. The Hall–Kier alpha value is -3.43. The average Bonchev–Trinajstić information content (AvgIpc) is 2.71. The Morgan fingerprint density at radius 3 is 2.57 bits per heavy atom. The van der Waals surface area contributed by atoms with E-state index in [4.69, 9.17) is 9.15 Å². The molecule has 0 radical (unpaired) electrons. The molecule has 0 unspecified atom stereocenters. The highest BCUT2D eigenvalue weighted by Crippen LogP contribution is 2.19. The summed E-state index contributed by atoms with van der Waals surface area (Å²) in [5, 5.41) is 3.41. The SMILES string of the molecule is C=CCNS(=O)(=O)Cc1ccc(NC(=O)COc2ccc3ccc(=O)oc3c2)cc1. The lowest BCUT2D eigenvalue weighted by atomic mass is 10.2. The summed E-state index contributed by atoms with van der Waals surface area (Å²) in [6.45, 7) is 3.39. The van der Waals surface area contributed by atoms with E-state index < -0.39 is 21.6 Å². The van der Waals surface area contributed by atoms with Crippen LogP contribution < -0.4 is 20.4 Å². The highest BCUT2D eigenvalue weighted by Gasteiger charge is 2.11. The summed E-state index contributed by atoms with van der Waals surface area (Å²) in [5.41, 5.74) is 0.991. The van der Waals surface area contributed by atoms with Gasteiger partial charge >= 0.3 is 5.63 Å². The van der Waals surface area contributed by atoms with Crippen LogP contribution in [-0.2, 0) is 20.6 Å². The molecule has 0 bridgehead atoms. The van der Waals surface area contributed by atoms with Gasteiger partial charge in [-0.3, -0.25) is 4.79 Å². The molecule has 0 saturated carbocycles. The van der Waals surface area contributed by atoms with Gasteiger partial charge in [0.1, 0.15) is 11.3 Å². The molecular weight excluding hydrogens is 408 g/mol. The standard InChI is InChI=1S/C21H20N2O6S/c1-2-11-22-30(26,27)14-15-3-7-17(8-4-15)23-20(24)13-28-18-9-5-16-6-10-21(25)29-19(16)12-18/h2-10,12,22H,1,11,13-14H2,(H,23,24). The number of fused-ring (bicyclic) bond motifs is 1. The number of amides is 1. The lowest BCUT2D eigenvalue weighted by molar-refractivity contribution is -0.118. The minimum Gasteiger partial charge on any atom is -0.484 e. The minimum atomic E-state index is -3.45. The number of sulfonamides is 1. The number of carbonyl (C=O) groups is 1. The lowest BCUT2D eigenvalue weighted by Gasteiger charge is -2.09. The van der Waals surface area contributed by atoms with E-state index in [1.807, 2.05) is 0 Å². The summed E-state index contributed by atoms with van der Waals surface area (Å²) in [5.74, 6) is -0.173. The fourth-order valence-electron chi connectivity index (χ4n) is 2.62. The lowest BCUT2D eigenvalue weighted by Crippen LogP contribution is -2.25. The zero-order valence-corrected chi connectivity index (χ0v) is 16.8. The van der Waals surface area contributed by atoms with Crippen LogP contribution in [0, 0.1) is 0 Å². The summed E-state index contributed by atoms with van der Waals surface area (Å²) in [4.78, 5) is 23.4. The molecule has 0 aliphatic heterocycles. The van der Waals surface area contributed by atoms with Gasteiger partial charge in [-0.1, -0.05) is 18.2 Å². The fraction of sp³-hybridized carbons (Fsp3) is 0.143. The van der Waals surface area contributed by atoms with Crippen LogP contribution in [0.15, 0.2) is 76.5 Å². The molecule has 156 valence electrons. The second-order valence-corrected chi connectivity index (χ2v) is 8.19. The number of ether oxygens (including phenoxy) is 1. The van der Waals surface area contributed by atoms with E-state index in [-0.39, 0.29) is 18.9 Å². The van der Waals surface area contributed by atoms with Crippen molar-refractivity contribution in [1.82, 2.24) is 4.72 Å². The molecule has 0 saturated heterocycles. The van der Waals surface area contributed by atoms with E-state index in [0.717, 1.165) is 5.39 Å². The summed E-state index contributed by atoms with van der Waals surface area (Å²) >= 11 is 0. The van der Waals surface area contributed by atoms with Gasteiger partial charge in [0, 0.05) is 29.8 Å². The van der Waals surface area contributed by atoms with E-state index in [9.17, 15) is 18.0 Å². The largest absolute Gasteiger partial charge is 0.484 e. The Bertz CT molecular complexity index is 1220. The third kappa shape index (κ3) is 6.03. The molecular formula is C21H20N2O6S. The van der Waals surface area contributed by atoms with Crippen LogP contribution in [0.2, 0.25) is 0 Å². The predicted octanol–water partition coefficient (Wildman–Crippen LogP) is 2.42. The molecule has 9 heteroatoms. The van der Waals surface area contributed by atoms with Gasteiger partial charge in [-0.25, -0.2) is 17.9 Å². The molecule has 8 nitrogen and oxygen atoms in total. The van der Waals surface area contributed by atoms with Crippen molar-refractivity contribution in [1.29, 1.82) is 0 Å². The smallest absolute Gasteiger partial charge is 0.336 e. The van der Waals surface area contributed by atoms with Crippen molar-refractivity contribution in [3.63, 3.8) is 0 Å². The van der Waals surface area contributed by atoms with E-state index in [1.54, 1.807) is 48.5 Å². The van der Waals surface area contributed by atoms with Crippen LogP contribution >= 0.6 is 0 Å². The van der Waals surface area contributed by atoms with E-state index >= 15 is 0 Å². The zero-order valence-electron chi connectivity index (χ0n) is 16.0. The molecule has 0 fully saturated rings. The number of hydrogen-bond acceptors (Lipinski definition) is 6. The van der Waals surface area contributed by atoms with Gasteiger partial charge in [-0.2, -0.15) is 0 Å². The van der Waals surface area contributed by atoms with E-state index in [0.29, 0.717) is 22.6 Å². The van der Waals surface area contributed by atoms with Crippen LogP contribution in [0.5, 0.6) is 5.75 Å². The van der Waals surface area contributed by atoms with Crippen LogP contribution in [0.4, 0.5) is 5.69 Å². The maximum Gasteiger partial charge on any atom is 0.336 e. The predicted molar refractivity (Wildman–Crippen MR) is 114 cm³/mol. The van der Waals surface area contributed by atoms with Gasteiger partial charge in [-0.15, -0.1) is 6.58 Å². The molecule has 1 heterocycles. The number of hydrogen-bond donors (Lipinski definition) is 2. The van der Waals surface area contributed by atoms with Crippen molar-refractivity contribution in [2.24, 2.45) is 0 Å². The van der Waals surface area contributed by atoms with Crippen LogP contribution in [-0.4, -0.2) is 27.5 Å². The maximum absolute atomic E-state index is 12.1. The summed E-state index contributed by atoms with van der Waals surface area (Å²) < 4.78 is 36.7. The summed E-state index contributed by atoms with van der Waals surface area (Å²) in [6.07, 6.45) is 1.46. The summed E-state index contributed by atoms with van der Waals surface area (Å²) in [7, 11) is -3.45. The number of nitrogens with one attached hydrogen (secondary N) is 2. The number of rotatable bonds is 9.